The van der Waals surface area contributed by atoms with Gasteiger partial charge in [-0.3, -0.25) is 4.79 Å². The molecule has 0 atom stereocenters. The third-order valence-electron chi connectivity index (χ3n) is 3.22. The van der Waals surface area contributed by atoms with E-state index in [0.717, 1.165) is 26.8 Å². The number of nitrogen functional groups attached to an aromatic ring is 1. The zero-order valence-electron chi connectivity index (χ0n) is 11.2. The fourth-order valence-corrected chi connectivity index (χ4v) is 2.68. The van der Waals surface area contributed by atoms with E-state index >= 15 is 0 Å². The zero-order valence-corrected chi connectivity index (χ0v) is 12.8. The predicted molar refractivity (Wildman–Crippen MR) is 89.1 cm³/mol. The Hall–Kier alpha value is -2.27. The molecule has 1 amide bonds. The van der Waals surface area contributed by atoms with Crippen molar-refractivity contribution in [3.8, 4) is 0 Å². The molecule has 106 valence electrons. The van der Waals surface area contributed by atoms with Gasteiger partial charge in [0.15, 0.2) is 0 Å². The molecule has 1 aromatic heterocycles. The van der Waals surface area contributed by atoms with Crippen molar-refractivity contribution in [2.45, 2.75) is 6.54 Å². The number of aromatic nitrogens is 1. The van der Waals surface area contributed by atoms with E-state index in [1.165, 1.54) is 0 Å². The molecule has 0 bridgehead atoms. The Balaban J connectivity index is 1.77. The fourth-order valence-electron chi connectivity index (χ4n) is 2.28. The van der Waals surface area contributed by atoms with Crippen LogP contribution in [-0.2, 0) is 11.3 Å². The number of anilines is 2. The first-order valence-corrected chi connectivity index (χ1v) is 7.31. The molecule has 4 nitrogen and oxygen atoms in total. The Bertz CT molecular complexity index is 810. The molecule has 3 rings (SSSR count). The van der Waals surface area contributed by atoms with Crippen LogP contribution in [0, 0.1) is 0 Å². The number of fused-ring (bicyclic) bond motifs is 1. The van der Waals surface area contributed by atoms with Gasteiger partial charge in [-0.15, -0.1) is 0 Å². The van der Waals surface area contributed by atoms with Gasteiger partial charge in [-0.2, -0.15) is 0 Å². The summed E-state index contributed by atoms with van der Waals surface area (Å²) in [4.78, 5) is 12.1. The standard InChI is InChI=1S/C16H14BrN3O/c17-12-2-1-3-14(9-12)19-16(21)10-20-7-6-11-8-13(18)4-5-15(11)20/h1-9H,10,18H2,(H,19,21). The highest BCUT2D eigenvalue weighted by Gasteiger charge is 2.07. The van der Waals surface area contributed by atoms with E-state index in [-0.39, 0.29) is 12.5 Å². The molecule has 3 N–H and O–H groups in total. The number of halogens is 1. The molecule has 2 aromatic carbocycles. The van der Waals surface area contributed by atoms with Gasteiger partial charge in [0, 0.05) is 32.9 Å². The van der Waals surface area contributed by atoms with Gasteiger partial charge in [0.1, 0.15) is 6.54 Å². The lowest BCUT2D eigenvalue weighted by molar-refractivity contribution is -0.116. The summed E-state index contributed by atoms with van der Waals surface area (Å²) in [5, 5.41) is 3.92. The average Bonchev–Trinajstić information content (AvgIpc) is 2.81. The molecule has 3 aromatic rings. The predicted octanol–water partition coefficient (Wildman–Crippen LogP) is 3.62. The number of hydrogen-bond acceptors (Lipinski definition) is 2. The van der Waals surface area contributed by atoms with Crippen LogP contribution in [0.3, 0.4) is 0 Å². The summed E-state index contributed by atoms with van der Waals surface area (Å²) in [6.07, 6.45) is 1.89. The molecule has 0 radical (unpaired) electrons. The van der Waals surface area contributed by atoms with Gasteiger partial charge < -0.3 is 15.6 Å². The quantitative estimate of drug-likeness (QED) is 0.713. The van der Waals surface area contributed by atoms with Crippen molar-refractivity contribution in [1.29, 1.82) is 0 Å². The minimum absolute atomic E-state index is 0.0672. The number of benzene rings is 2. The van der Waals surface area contributed by atoms with E-state index in [9.17, 15) is 4.79 Å². The summed E-state index contributed by atoms with van der Waals surface area (Å²) in [6, 6.07) is 15.1. The molecule has 0 saturated heterocycles. The maximum Gasteiger partial charge on any atom is 0.244 e. The number of nitrogens with two attached hydrogens (primary N) is 1. The molecule has 0 aliphatic rings. The molecule has 0 fully saturated rings. The van der Waals surface area contributed by atoms with Crippen LogP contribution in [-0.4, -0.2) is 10.5 Å². The second kappa shape index (κ2) is 5.61. The van der Waals surface area contributed by atoms with Crippen molar-refractivity contribution in [2.24, 2.45) is 0 Å². The average molecular weight is 344 g/mol. The van der Waals surface area contributed by atoms with Gasteiger partial charge in [-0.1, -0.05) is 22.0 Å². The minimum Gasteiger partial charge on any atom is -0.399 e. The monoisotopic (exact) mass is 343 g/mol. The zero-order chi connectivity index (χ0) is 14.8. The van der Waals surface area contributed by atoms with Crippen molar-refractivity contribution < 1.29 is 4.79 Å². The Labute approximate surface area is 130 Å². The van der Waals surface area contributed by atoms with Crippen LogP contribution in [0.25, 0.3) is 10.9 Å². The highest BCUT2D eigenvalue weighted by Crippen LogP contribution is 2.19. The van der Waals surface area contributed by atoms with E-state index in [1.54, 1.807) is 0 Å². The number of carbonyl (C=O) groups is 1. The van der Waals surface area contributed by atoms with Gasteiger partial charge in [0.25, 0.3) is 0 Å². The number of nitrogens with one attached hydrogen (secondary N) is 1. The minimum atomic E-state index is -0.0672. The molecular formula is C16H14BrN3O. The van der Waals surface area contributed by atoms with Crippen LogP contribution in [0.5, 0.6) is 0 Å². The third kappa shape index (κ3) is 3.08. The molecule has 0 spiro atoms. The lowest BCUT2D eigenvalue weighted by Gasteiger charge is -2.08. The maximum atomic E-state index is 12.1. The Morgan fingerprint density at radius 1 is 1.19 bits per heavy atom. The van der Waals surface area contributed by atoms with Gasteiger partial charge in [0.05, 0.1) is 0 Å². The van der Waals surface area contributed by atoms with Crippen molar-refractivity contribution in [2.75, 3.05) is 11.1 Å². The highest BCUT2D eigenvalue weighted by atomic mass is 79.9. The number of nitrogens with zero attached hydrogens (tertiary/aromatic N) is 1. The smallest absolute Gasteiger partial charge is 0.244 e. The van der Waals surface area contributed by atoms with E-state index < -0.39 is 0 Å². The summed E-state index contributed by atoms with van der Waals surface area (Å²) in [7, 11) is 0. The van der Waals surface area contributed by atoms with E-state index in [2.05, 4.69) is 21.2 Å². The highest BCUT2D eigenvalue weighted by molar-refractivity contribution is 9.10. The third-order valence-corrected chi connectivity index (χ3v) is 3.71. The first-order valence-electron chi connectivity index (χ1n) is 6.51. The van der Waals surface area contributed by atoms with E-state index in [4.69, 9.17) is 5.73 Å². The molecule has 0 unspecified atom stereocenters. The van der Waals surface area contributed by atoms with Crippen LogP contribution in [0.1, 0.15) is 0 Å². The van der Waals surface area contributed by atoms with Crippen LogP contribution in [0.4, 0.5) is 11.4 Å². The molecule has 0 aliphatic heterocycles. The van der Waals surface area contributed by atoms with Gasteiger partial charge in [-0.25, -0.2) is 0 Å². The summed E-state index contributed by atoms with van der Waals surface area (Å²) in [6.45, 7) is 0.264. The number of hydrogen-bond donors (Lipinski definition) is 2. The lowest BCUT2D eigenvalue weighted by atomic mass is 10.2. The van der Waals surface area contributed by atoms with Gasteiger partial charge >= 0.3 is 0 Å². The molecule has 0 saturated carbocycles. The second-order valence-corrected chi connectivity index (χ2v) is 5.74. The number of carbonyl (C=O) groups excluding carboxylic acids is 1. The van der Waals surface area contributed by atoms with Crippen molar-refractivity contribution in [3.63, 3.8) is 0 Å². The van der Waals surface area contributed by atoms with Crippen LogP contribution >= 0.6 is 15.9 Å². The topological polar surface area (TPSA) is 60.0 Å². The van der Waals surface area contributed by atoms with Gasteiger partial charge in [-0.05, 0) is 42.5 Å². The second-order valence-electron chi connectivity index (χ2n) is 4.82. The first-order chi connectivity index (χ1) is 10.1. The Kier molecular flexibility index (Phi) is 3.66. The Morgan fingerprint density at radius 3 is 2.86 bits per heavy atom. The normalized spacial score (nSPS) is 10.7. The van der Waals surface area contributed by atoms with Gasteiger partial charge in [0.2, 0.25) is 5.91 Å². The van der Waals surface area contributed by atoms with E-state index in [0.29, 0.717) is 0 Å². The maximum absolute atomic E-state index is 12.1. The molecule has 1 heterocycles. The summed E-state index contributed by atoms with van der Waals surface area (Å²) in [5.74, 6) is -0.0672. The largest absolute Gasteiger partial charge is 0.399 e. The van der Waals surface area contributed by atoms with Crippen LogP contribution in [0.2, 0.25) is 0 Å². The van der Waals surface area contributed by atoms with E-state index in [1.807, 2.05) is 59.3 Å². The Morgan fingerprint density at radius 2 is 2.05 bits per heavy atom. The number of rotatable bonds is 3. The van der Waals surface area contributed by atoms with Crippen LogP contribution < -0.4 is 11.1 Å². The first kappa shape index (κ1) is 13.7. The van der Waals surface area contributed by atoms with Crippen molar-refractivity contribution in [3.05, 3.63) is 59.2 Å². The summed E-state index contributed by atoms with van der Waals surface area (Å²) in [5.41, 5.74) is 8.25. The fraction of sp³-hybridized carbons (Fsp3) is 0.0625. The number of amides is 1. The summed E-state index contributed by atoms with van der Waals surface area (Å²) < 4.78 is 2.84. The van der Waals surface area contributed by atoms with Crippen molar-refractivity contribution in [1.82, 2.24) is 4.57 Å². The van der Waals surface area contributed by atoms with Crippen LogP contribution in [0.15, 0.2) is 59.2 Å². The lowest BCUT2D eigenvalue weighted by Crippen LogP contribution is -2.18. The molecule has 21 heavy (non-hydrogen) atoms. The summed E-state index contributed by atoms with van der Waals surface area (Å²) >= 11 is 3.38. The molecule has 5 heteroatoms. The van der Waals surface area contributed by atoms with Crippen molar-refractivity contribution >= 4 is 44.1 Å². The SMILES string of the molecule is Nc1ccc2c(ccn2CC(=O)Nc2cccc(Br)c2)c1. The molecular weight excluding hydrogens is 330 g/mol. The molecule has 0 aliphatic carbocycles.